The van der Waals surface area contributed by atoms with Gasteiger partial charge in [0.15, 0.2) is 11.2 Å². The highest BCUT2D eigenvalue weighted by Crippen LogP contribution is 2.09. The van der Waals surface area contributed by atoms with E-state index >= 15 is 0 Å². The minimum absolute atomic E-state index is 0.0850. The molecule has 3 rings (SSSR count). The summed E-state index contributed by atoms with van der Waals surface area (Å²) in [6.45, 7) is 0. The smallest absolute Gasteiger partial charge is 0.280 e. The van der Waals surface area contributed by atoms with Crippen LogP contribution in [0.25, 0.3) is 11.2 Å². The molecule has 0 aliphatic carbocycles. The molecule has 0 fully saturated rings. The third kappa shape index (κ3) is 2.35. The van der Waals surface area contributed by atoms with E-state index in [1.807, 2.05) is 0 Å². The molecule has 2 heterocycles. The first kappa shape index (κ1) is 12.9. The lowest BCUT2D eigenvalue weighted by atomic mass is 10.2. The molecule has 2 aromatic heterocycles. The zero-order chi connectivity index (χ0) is 14.8. The summed E-state index contributed by atoms with van der Waals surface area (Å²) in [5.41, 5.74) is 0.0654. The number of anilines is 1. The van der Waals surface area contributed by atoms with E-state index in [1.54, 1.807) is 30.3 Å². The second-order valence-electron chi connectivity index (χ2n) is 4.16. The number of carbonyl (C=O) groups is 1. The Kier molecular flexibility index (Phi) is 3.13. The number of nitrogens with zero attached hydrogens (tertiary/aromatic N) is 4. The lowest BCUT2D eigenvalue weighted by Crippen LogP contribution is -2.40. The summed E-state index contributed by atoms with van der Waals surface area (Å²) in [5.74, 6) is 5.14. The summed E-state index contributed by atoms with van der Waals surface area (Å²) >= 11 is 0. The fraction of sp³-hybridized carbons (Fsp3) is 0. The van der Waals surface area contributed by atoms with Gasteiger partial charge in [0.1, 0.15) is 0 Å². The van der Waals surface area contributed by atoms with Crippen LogP contribution in [-0.4, -0.2) is 25.8 Å². The van der Waals surface area contributed by atoms with Crippen molar-refractivity contribution in [2.75, 3.05) is 5.01 Å². The Labute approximate surface area is 118 Å². The van der Waals surface area contributed by atoms with Crippen LogP contribution in [0, 0.1) is 0 Å². The molecule has 8 heteroatoms. The molecule has 0 saturated carbocycles. The molecule has 0 radical (unpaired) electrons. The molecule has 0 aliphatic heterocycles. The van der Waals surface area contributed by atoms with Crippen LogP contribution in [0.1, 0.15) is 10.4 Å². The predicted molar refractivity (Wildman–Crippen MR) is 75.4 cm³/mol. The van der Waals surface area contributed by atoms with Crippen molar-refractivity contribution in [1.29, 1.82) is 0 Å². The first-order valence-corrected chi connectivity index (χ1v) is 6.02. The maximum Gasteiger partial charge on any atom is 0.280 e. The van der Waals surface area contributed by atoms with Crippen molar-refractivity contribution in [3.8, 4) is 0 Å². The molecule has 0 unspecified atom stereocenters. The molecule has 3 N–H and O–H groups in total. The van der Waals surface area contributed by atoms with E-state index in [0.29, 0.717) is 5.56 Å². The lowest BCUT2D eigenvalue weighted by Gasteiger charge is -2.14. The molecule has 0 bridgehead atoms. The lowest BCUT2D eigenvalue weighted by molar-refractivity contribution is 0.0985. The van der Waals surface area contributed by atoms with Gasteiger partial charge in [0.25, 0.3) is 11.5 Å². The quantitative estimate of drug-likeness (QED) is 0.395. The molecule has 0 saturated heterocycles. The van der Waals surface area contributed by atoms with E-state index in [1.165, 1.54) is 12.4 Å². The van der Waals surface area contributed by atoms with Gasteiger partial charge >= 0.3 is 0 Å². The molecule has 8 nitrogen and oxygen atoms in total. The van der Waals surface area contributed by atoms with Crippen LogP contribution >= 0.6 is 0 Å². The Morgan fingerprint density at radius 1 is 1.14 bits per heavy atom. The molecule has 1 aromatic carbocycles. The van der Waals surface area contributed by atoms with Crippen LogP contribution in [-0.2, 0) is 0 Å². The number of aromatic amines is 1. The van der Waals surface area contributed by atoms with Gasteiger partial charge in [-0.25, -0.2) is 20.8 Å². The average molecular weight is 282 g/mol. The Morgan fingerprint density at radius 2 is 1.86 bits per heavy atom. The SMILES string of the molecule is NN(C(=O)c1ccccc1)c1nc2nccnc2c(=O)[nH]1. The topological polar surface area (TPSA) is 118 Å². The van der Waals surface area contributed by atoms with Gasteiger partial charge in [-0.1, -0.05) is 18.2 Å². The fourth-order valence-corrected chi connectivity index (χ4v) is 1.79. The van der Waals surface area contributed by atoms with Gasteiger partial charge in [0.2, 0.25) is 5.95 Å². The van der Waals surface area contributed by atoms with Crippen LogP contribution in [0.2, 0.25) is 0 Å². The van der Waals surface area contributed by atoms with Crippen molar-refractivity contribution >= 4 is 23.0 Å². The molecule has 3 aromatic rings. The standard InChI is InChI=1S/C13H10N6O2/c14-19(12(21)8-4-2-1-3-5-8)13-17-10-9(11(20)18-13)15-6-7-16-10/h1-7H,14H2,(H,16,17,18,20). The van der Waals surface area contributed by atoms with E-state index in [4.69, 9.17) is 5.84 Å². The predicted octanol–water partition coefficient (Wildman–Crippen LogP) is 0.234. The number of hydrogen-bond acceptors (Lipinski definition) is 6. The van der Waals surface area contributed by atoms with Crippen molar-refractivity contribution in [3.05, 3.63) is 58.6 Å². The van der Waals surface area contributed by atoms with E-state index in [-0.39, 0.29) is 17.1 Å². The van der Waals surface area contributed by atoms with Gasteiger partial charge in [-0.15, -0.1) is 0 Å². The highest BCUT2D eigenvalue weighted by atomic mass is 16.2. The van der Waals surface area contributed by atoms with Gasteiger partial charge < -0.3 is 0 Å². The van der Waals surface area contributed by atoms with Gasteiger partial charge in [-0.05, 0) is 12.1 Å². The number of aromatic nitrogens is 4. The third-order valence-corrected chi connectivity index (χ3v) is 2.80. The van der Waals surface area contributed by atoms with E-state index in [9.17, 15) is 9.59 Å². The molecule has 1 amide bonds. The molecule has 0 aliphatic rings. The molecule has 21 heavy (non-hydrogen) atoms. The van der Waals surface area contributed by atoms with Gasteiger partial charge in [0, 0.05) is 18.0 Å². The Balaban J connectivity index is 2.04. The monoisotopic (exact) mass is 282 g/mol. The van der Waals surface area contributed by atoms with Crippen LogP contribution in [0.15, 0.2) is 47.5 Å². The maximum absolute atomic E-state index is 12.2. The second kappa shape index (κ2) is 5.10. The van der Waals surface area contributed by atoms with E-state index in [2.05, 4.69) is 19.9 Å². The number of amides is 1. The first-order valence-electron chi connectivity index (χ1n) is 6.02. The van der Waals surface area contributed by atoms with Crippen molar-refractivity contribution in [1.82, 2.24) is 19.9 Å². The van der Waals surface area contributed by atoms with Crippen LogP contribution in [0.5, 0.6) is 0 Å². The highest BCUT2D eigenvalue weighted by molar-refractivity contribution is 6.04. The van der Waals surface area contributed by atoms with Crippen molar-refractivity contribution in [3.63, 3.8) is 0 Å². The molecular weight excluding hydrogens is 272 g/mol. The zero-order valence-electron chi connectivity index (χ0n) is 10.7. The minimum atomic E-state index is -0.514. The first-order chi connectivity index (χ1) is 10.2. The van der Waals surface area contributed by atoms with Crippen molar-refractivity contribution in [2.45, 2.75) is 0 Å². The maximum atomic E-state index is 12.2. The van der Waals surface area contributed by atoms with E-state index in [0.717, 1.165) is 5.01 Å². The molecule has 0 atom stereocenters. The number of nitrogens with two attached hydrogens (primary N) is 1. The molecule has 0 spiro atoms. The van der Waals surface area contributed by atoms with Crippen LogP contribution in [0.3, 0.4) is 0 Å². The number of hydrogen-bond donors (Lipinski definition) is 2. The number of benzene rings is 1. The minimum Gasteiger partial charge on any atom is -0.289 e. The summed E-state index contributed by atoms with van der Waals surface area (Å²) in [4.78, 5) is 38.3. The molecular formula is C13H10N6O2. The van der Waals surface area contributed by atoms with Crippen LogP contribution in [0.4, 0.5) is 5.95 Å². The Morgan fingerprint density at radius 3 is 2.62 bits per heavy atom. The van der Waals surface area contributed by atoms with Gasteiger partial charge in [-0.2, -0.15) is 4.98 Å². The van der Waals surface area contributed by atoms with Gasteiger partial charge in [-0.3, -0.25) is 14.6 Å². The second-order valence-corrected chi connectivity index (χ2v) is 4.16. The number of carbonyl (C=O) groups excluding carboxylic acids is 1. The third-order valence-electron chi connectivity index (χ3n) is 2.80. The number of rotatable bonds is 2. The van der Waals surface area contributed by atoms with Crippen molar-refractivity contribution < 1.29 is 4.79 Å². The summed E-state index contributed by atoms with van der Waals surface area (Å²) < 4.78 is 0. The Bertz CT molecular complexity index is 861. The normalized spacial score (nSPS) is 10.5. The van der Waals surface area contributed by atoms with Crippen molar-refractivity contribution in [2.24, 2.45) is 5.84 Å². The van der Waals surface area contributed by atoms with Gasteiger partial charge in [0.05, 0.1) is 0 Å². The van der Waals surface area contributed by atoms with Crippen LogP contribution < -0.4 is 16.4 Å². The zero-order valence-corrected chi connectivity index (χ0v) is 10.7. The summed E-state index contributed by atoms with van der Waals surface area (Å²) in [5, 5.41) is 0.769. The number of H-pyrrole nitrogens is 1. The Hall–Kier alpha value is -3.13. The fourth-order valence-electron chi connectivity index (χ4n) is 1.79. The summed E-state index contributed by atoms with van der Waals surface area (Å²) in [6, 6.07) is 8.43. The number of hydrazine groups is 1. The highest BCUT2D eigenvalue weighted by Gasteiger charge is 2.17. The summed E-state index contributed by atoms with van der Waals surface area (Å²) in [7, 11) is 0. The molecule has 104 valence electrons. The summed E-state index contributed by atoms with van der Waals surface area (Å²) in [6.07, 6.45) is 2.78. The largest absolute Gasteiger partial charge is 0.289 e. The van der Waals surface area contributed by atoms with E-state index < -0.39 is 11.5 Å². The number of nitrogens with one attached hydrogen (secondary N) is 1. The number of fused-ring (bicyclic) bond motifs is 1. The average Bonchev–Trinajstić information content (AvgIpc) is 2.54.